The van der Waals surface area contributed by atoms with Crippen LogP contribution in [-0.2, 0) is 0 Å². The number of nitrogens with zero attached hydrogens (tertiary/aromatic N) is 2. The Morgan fingerprint density at radius 3 is 2.37 bits per heavy atom. The number of hydrogen-bond donors (Lipinski definition) is 1. The SMILES string of the molecule is CC(S)(Sc1ccc([N+](=O)[O-])cc1)N1CCCCC1. The van der Waals surface area contributed by atoms with Crippen molar-refractivity contribution in [3.8, 4) is 0 Å². The summed E-state index contributed by atoms with van der Waals surface area (Å²) in [6.45, 7) is 4.23. The van der Waals surface area contributed by atoms with Gasteiger partial charge in [0.15, 0.2) is 0 Å². The van der Waals surface area contributed by atoms with Gasteiger partial charge in [-0.15, -0.1) is 12.6 Å². The maximum Gasteiger partial charge on any atom is 0.269 e. The predicted octanol–water partition coefficient (Wildman–Crippen LogP) is 3.78. The molecule has 1 heterocycles. The third-order valence-electron chi connectivity index (χ3n) is 3.30. The number of nitro benzene ring substituents is 1. The normalized spacial score (nSPS) is 19.9. The summed E-state index contributed by atoms with van der Waals surface area (Å²) in [5, 5.41) is 10.6. The molecule has 1 fully saturated rings. The van der Waals surface area contributed by atoms with E-state index < -0.39 is 0 Å². The maximum atomic E-state index is 10.6. The average molecular weight is 298 g/mol. The summed E-state index contributed by atoms with van der Waals surface area (Å²) in [6, 6.07) is 6.67. The highest BCUT2D eigenvalue weighted by atomic mass is 32.2. The van der Waals surface area contributed by atoms with E-state index in [0.717, 1.165) is 18.0 Å². The maximum absolute atomic E-state index is 10.6. The molecule has 0 aromatic heterocycles. The molecule has 0 radical (unpaired) electrons. The van der Waals surface area contributed by atoms with Crippen LogP contribution in [0, 0.1) is 10.1 Å². The minimum atomic E-state index is -0.376. The first-order chi connectivity index (χ1) is 8.99. The van der Waals surface area contributed by atoms with Crippen LogP contribution in [0.2, 0.25) is 0 Å². The van der Waals surface area contributed by atoms with Gasteiger partial charge in [-0.05, 0) is 31.9 Å². The molecule has 1 saturated heterocycles. The van der Waals surface area contributed by atoms with Crippen molar-refractivity contribution in [3.05, 3.63) is 34.4 Å². The molecule has 1 aliphatic heterocycles. The van der Waals surface area contributed by atoms with E-state index >= 15 is 0 Å². The van der Waals surface area contributed by atoms with Crippen LogP contribution >= 0.6 is 24.4 Å². The van der Waals surface area contributed by atoms with Gasteiger partial charge in [-0.2, -0.15) is 0 Å². The van der Waals surface area contributed by atoms with Gasteiger partial charge in [-0.1, -0.05) is 18.2 Å². The van der Waals surface area contributed by atoms with Crippen molar-refractivity contribution in [3.63, 3.8) is 0 Å². The van der Waals surface area contributed by atoms with Gasteiger partial charge in [0.05, 0.1) is 4.92 Å². The van der Waals surface area contributed by atoms with E-state index in [1.165, 1.54) is 19.3 Å². The molecule has 1 aromatic rings. The van der Waals surface area contributed by atoms with Gasteiger partial charge in [-0.3, -0.25) is 15.0 Å². The molecule has 1 atom stereocenters. The summed E-state index contributed by atoms with van der Waals surface area (Å²) in [6.07, 6.45) is 3.73. The van der Waals surface area contributed by atoms with Crippen molar-refractivity contribution in [2.75, 3.05) is 13.1 Å². The van der Waals surface area contributed by atoms with Crippen LogP contribution in [0.3, 0.4) is 0 Å². The van der Waals surface area contributed by atoms with E-state index in [1.807, 2.05) is 0 Å². The number of likely N-dealkylation sites (tertiary alicyclic amines) is 1. The summed E-state index contributed by atoms with van der Waals surface area (Å²) in [5.74, 6) is 0. The average Bonchev–Trinajstić information content (AvgIpc) is 2.40. The highest BCUT2D eigenvalue weighted by molar-refractivity contribution is 8.11. The molecular weight excluding hydrogens is 280 g/mol. The van der Waals surface area contributed by atoms with Crippen LogP contribution in [0.25, 0.3) is 0 Å². The number of piperidine rings is 1. The zero-order valence-corrected chi connectivity index (χ0v) is 12.6. The molecule has 1 unspecified atom stereocenters. The summed E-state index contributed by atoms with van der Waals surface area (Å²) in [7, 11) is 0. The number of rotatable bonds is 4. The highest BCUT2D eigenvalue weighted by Gasteiger charge is 2.30. The van der Waals surface area contributed by atoms with Gasteiger partial charge in [0, 0.05) is 30.1 Å². The second-order valence-electron chi connectivity index (χ2n) is 4.83. The Kier molecular flexibility index (Phi) is 4.76. The Morgan fingerprint density at radius 1 is 1.26 bits per heavy atom. The lowest BCUT2D eigenvalue weighted by atomic mass is 10.1. The second kappa shape index (κ2) is 6.15. The fourth-order valence-electron chi connectivity index (χ4n) is 2.23. The van der Waals surface area contributed by atoms with Crippen LogP contribution < -0.4 is 0 Å². The molecule has 1 aliphatic rings. The van der Waals surface area contributed by atoms with Crippen molar-refractivity contribution < 1.29 is 4.92 Å². The minimum absolute atomic E-state index is 0.128. The Labute approximate surface area is 123 Å². The van der Waals surface area contributed by atoms with Gasteiger partial charge < -0.3 is 0 Å². The van der Waals surface area contributed by atoms with Crippen LogP contribution in [0.4, 0.5) is 5.69 Å². The molecule has 2 rings (SSSR count). The number of non-ortho nitro benzene ring substituents is 1. The van der Waals surface area contributed by atoms with Crippen molar-refractivity contribution in [2.24, 2.45) is 0 Å². The fraction of sp³-hybridized carbons (Fsp3) is 0.538. The molecule has 19 heavy (non-hydrogen) atoms. The molecule has 0 amide bonds. The lowest BCUT2D eigenvalue weighted by Crippen LogP contribution is -2.42. The minimum Gasteiger partial charge on any atom is -0.281 e. The smallest absolute Gasteiger partial charge is 0.269 e. The molecule has 0 spiro atoms. The third-order valence-corrected chi connectivity index (χ3v) is 5.01. The lowest BCUT2D eigenvalue weighted by Gasteiger charge is -2.39. The number of thioether (sulfide) groups is 1. The van der Waals surface area contributed by atoms with Crippen LogP contribution in [0.5, 0.6) is 0 Å². The Hall–Kier alpha value is -0.720. The van der Waals surface area contributed by atoms with Crippen molar-refractivity contribution >= 4 is 30.1 Å². The van der Waals surface area contributed by atoms with Crippen LogP contribution in [0.15, 0.2) is 29.2 Å². The first kappa shape index (κ1) is 14.7. The van der Waals surface area contributed by atoms with Gasteiger partial charge in [-0.25, -0.2) is 0 Å². The van der Waals surface area contributed by atoms with Gasteiger partial charge in [0.2, 0.25) is 0 Å². The molecular formula is C13H18N2O2S2. The molecule has 104 valence electrons. The molecule has 0 aliphatic carbocycles. The van der Waals surface area contributed by atoms with Crippen LogP contribution in [-0.4, -0.2) is 27.1 Å². The third kappa shape index (κ3) is 3.87. The van der Waals surface area contributed by atoms with Crippen molar-refractivity contribution in [1.29, 1.82) is 0 Å². The summed E-state index contributed by atoms with van der Waals surface area (Å²) in [4.78, 5) is 13.6. The molecule has 4 nitrogen and oxygen atoms in total. The monoisotopic (exact) mass is 298 g/mol. The zero-order chi connectivity index (χ0) is 13.9. The first-order valence-electron chi connectivity index (χ1n) is 6.40. The van der Waals surface area contributed by atoms with Crippen LogP contribution in [0.1, 0.15) is 26.2 Å². The van der Waals surface area contributed by atoms with E-state index in [1.54, 1.807) is 36.0 Å². The topological polar surface area (TPSA) is 46.4 Å². The predicted molar refractivity (Wildman–Crippen MR) is 81.8 cm³/mol. The summed E-state index contributed by atoms with van der Waals surface area (Å²) in [5.41, 5.74) is 0.128. The van der Waals surface area contributed by atoms with Crippen molar-refractivity contribution in [1.82, 2.24) is 4.90 Å². The number of hydrogen-bond acceptors (Lipinski definition) is 5. The van der Waals surface area contributed by atoms with Gasteiger partial charge >= 0.3 is 0 Å². The molecule has 0 saturated carbocycles. The Bertz CT molecular complexity index is 442. The Balaban J connectivity index is 2.04. The quantitative estimate of drug-likeness (QED) is 0.302. The van der Waals surface area contributed by atoms with E-state index in [9.17, 15) is 10.1 Å². The van der Waals surface area contributed by atoms with E-state index in [4.69, 9.17) is 12.6 Å². The fourth-order valence-corrected chi connectivity index (χ4v) is 3.78. The second-order valence-corrected chi connectivity index (χ2v) is 7.48. The first-order valence-corrected chi connectivity index (χ1v) is 7.66. The molecule has 0 bridgehead atoms. The number of benzene rings is 1. The zero-order valence-electron chi connectivity index (χ0n) is 10.9. The van der Waals surface area contributed by atoms with E-state index in [2.05, 4.69) is 11.8 Å². The molecule has 6 heteroatoms. The van der Waals surface area contributed by atoms with Crippen molar-refractivity contribution in [2.45, 2.75) is 35.3 Å². The molecule has 1 aromatic carbocycles. The van der Waals surface area contributed by atoms with E-state index in [0.29, 0.717) is 0 Å². The standard InChI is InChI=1S/C13H18N2O2S2/c1-13(18,14-9-3-2-4-10-14)19-12-7-5-11(6-8-12)15(16)17/h5-8,18H,2-4,9-10H2,1H3. The highest BCUT2D eigenvalue weighted by Crippen LogP contribution is 2.40. The number of nitro groups is 1. The van der Waals surface area contributed by atoms with E-state index in [-0.39, 0.29) is 14.8 Å². The van der Waals surface area contributed by atoms with Gasteiger partial charge in [0.1, 0.15) is 4.20 Å². The Morgan fingerprint density at radius 2 is 1.84 bits per heavy atom. The molecule has 0 N–H and O–H groups in total. The van der Waals surface area contributed by atoms with Gasteiger partial charge in [0.25, 0.3) is 5.69 Å². The summed E-state index contributed by atoms with van der Waals surface area (Å²) < 4.78 is -0.267. The lowest BCUT2D eigenvalue weighted by molar-refractivity contribution is -0.384. The largest absolute Gasteiger partial charge is 0.281 e. The number of thiol groups is 1. The summed E-state index contributed by atoms with van der Waals surface area (Å²) >= 11 is 6.40.